The zero-order valence-corrected chi connectivity index (χ0v) is 16.4. The van der Waals surface area contributed by atoms with Crippen molar-refractivity contribution in [1.29, 1.82) is 0 Å². The average molecular weight is 367 g/mol. The van der Waals surface area contributed by atoms with Gasteiger partial charge in [-0.2, -0.15) is 0 Å². The van der Waals surface area contributed by atoms with E-state index in [0.29, 0.717) is 18.7 Å². The lowest BCUT2D eigenvalue weighted by Gasteiger charge is -2.24. The number of rotatable bonds is 9. The van der Waals surface area contributed by atoms with Crippen LogP contribution in [0.2, 0.25) is 0 Å². The number of nitrogens with zero attached hydrogens (tertiary/aromatic N) is 1. The minimum absolute atomic E-state index is 0.0561. The van der Waals surface area contributed by atoms with Crippen LogP contribution in [0.15, 0.2) is 54.6 Å². The zero-order chi connectivity index (χ0) is 19.6. The van der Waals surface area contributed by atoms with Gasteiger partial charge in [-0.25, -0.2) is 0 Å². The maximum atomic E-state index is 12.1. The topological polar surface area (TPSA) is 61.4 Å². The highest BCUT2D eigenvalue weighted by Gasteiger charge is 2.14. The molecule has 0 aliphatic heterocycles. The number of amides is 2. The lowest BCUT2D eigenvalue weighted by Crippen LogP contribution is -2.42. The van der Waals surface area contributed by atoms with Gasteiger partial charge in [-0.3, -0.25) is 9.59 Å². The van der Waals surface area contributed by atoms with Crippen LogP contribution < -0.4 is 10.6 Å². The first-order valence-corrected chi connectivity index (χ1v) is 9.27. The molecular formula is C22H29N3O2. The highest BCUT2D eigenvalue weighted by molar-refractivity contribution is 5.94. The number of likely N-dealkylation sites (N-methyl/N-ethyl adjacent to an activating group) is 1. The van der Waals surface area contributed by atoms with Gasteiger partial charge in [0, 0.05) is 31.1 Å². The first-order chi connectivity index (χ1) is 13.0. The molecule has 1 atom stereocenters. The average Bonchev–Trinajstić information content (AvgIpc) is 2.65. The Hall–Kier alpha value is -2.66. The molecule has 2 amide bonds. The molecule has 0 aromatic heterocycles. The minimum Gasteiger partial charge on any atom is -0.354 e. The van der Waals surface area contributed by atoms with Gasteiger partial charge >= 0.3 is 0 Å². The summed E-state index contributed by atoms with van der Waals surface area (Å²) in [4.78, 5) is 26.3. The molecule has 0 radical (unpaired) electrons. The third-order valence-corrected chi connectivity index (χ3v) is 4.50. The van der Waals surface area contributed by atoms with Crippen molar-refractivity contribution in [2.45, 2.75) is 25.8 Å². The van der Waals surface area contributed by atoms with E-state index in [0.717, 1.165) is 12.0 Å². The smallest absolute Gasteiger partial charge is 0.251 e. The first-order valence-electron chi connectivity index (χ1n) is 9.27. The molecule has 144 valence electrons. The number of benzene rings is 2. The van der Waals surface area contributed by atoms with Crippen LogP contribution >= 0.6 is 0 Å². The summed E-state index contributed by atoms with van der Waals surface area (Å²) in [5.74, 6) is -0.207. The van der Waals surface area contributed by atoms with Gasteiger partial charge < -0.3 is 15.5 Å². The second kappa shape index (κ2) is 10.5. The van der Waals surface area contributed by atoms with Crippen molar-refractivity contribution in [2.24, 2.45) is 0 Å². The van der Waals surface area contributed by atoms with E-state index in [2.05, 4.69) is 27.7 Å². The molecule has 2 aromatic carbocycles. The molecule has 0 bridgehead atoms. The summed E-state index contributed by atoms with van der Waals surface area (Å²) in [5, 5.41) is 5.77. The molecule has 0 fully saturated rings. The Balaban J connectivity index is 1.73. The Labute approximate surface area is 161 Å². The van der Waals surface area contributed by atoms with Crippen molar-refractivity contribution in [2.75, 3.05) is 27.2 Å². The van der Waals surface area contributed by atoms with Crippen LogP contribution in [-0.2, 0) is 11.2 Å². The van der Waals surface area contributed by atoms with Crippen LogP contribution in [0.4, 0.5) is 0 Å². The molecule has 0 aliphatic rings. The largest absolute Gasteiger partial charge is 0.354 e. The normalized spacial score (nSPS) is 11.9. The summed E-state index contributed by atoms with van der Waals surface area (Å²) < 4.78 is 0. The van der Waals surface area contributed by atoms with E-state index in [4.69, 9.17) is 0 Å². The van der Waals surface area contributed by atoms with Crippen LogP contribution in [-0.4, -0.2) is 49.9 Å². The molecule has 0 saturated heterocycles. The molecule has 5 heteroatoms. The maximum Gasteiger partial charge on any atom is 0.251 e. The molecule has 0 heterocycles. The molecule has 2 rings (SSSR count). The van der Waals surface area contributed by atoms with Gasteiger partial charge in [-0.1, -0.05) is 48.0 Å². The van der Waals surface area contributed by atoms with Gasteiger partial charge in [-0.15, -0.1) is 0 Å². The van der Waals surface area contributed by atoms with Gasteiger partial charge in [0.1, 0.15) is 0 Å². The highest BCUT2D eigenvalue weighted by Crippen LogP contribution is 2.06. The van der Waals surface area contributed by atoms with E-state index in [-0.39, 0.29) is 24.3 Å². The van der Waals surface area contributed by atoms with Crippen LogP contribution in [0.5, 0.6) is 0 Å². The lowest BCUT2D eigenvalue weighted by atomic mass is 10.1. The van der Waals surface area contributed by atoms with Crippen molar-refractivity contribution in [3.63, 3.8) is 0 Å². The number of aryl methyl sites for hydroxylation is 1. The van der Waals surface area contributed by atoms with Gasteiger partial charge in [0.25, 0.3) is 5.91 Å². The van der Waals surface area contributed by atoms with Gasteiger partial charge in [0.15, 0.2) is 0 Å². The predicted octanol–water partition coefficient (Wildman–Crippen LogP) is 2.40. The Morgan fingerprint density at radius 3 is 2.41 bits per heavy atom. The van der Waals surface area contributed by atoms with E-state index in [1.54, 1.807) is 6.07 Å². The van der Waals surface area contributed by atoms with Crippen molar-refractivity contribution in [3.05, 3.63) is 71.3 Å². The number of carbonyl (C=O) groups is 2. The van der Waals surface area contributed by atoms with Crippen molar-refractivity contribution in [3.8, 4) is 0 Å². The van der Waals surface area contributed by atoms with Gasteiger partial charge in [-0.05, 0) is 45.1 Å². The van der Waals surface area contributed by atoms with E-state index in [1.165, 1.54) is 5.56 Å². The monoisotopic (exact) mass is 367 g/mol. The first kappa shape index (κ1) is 20.6. The summed E-state index contributed by atoms with van der Waals surface area (Å²) in [7, 11) is 4.03. The number of nitrogens with one attached hydrogen (secondary N) is 2. The third kappa shape index (κ3) is 7.23. The van der Waals surface area contributed by atoms with Crippen molar-refractivity contribution >= 4 is 11.8 Å². The SMILES string of the molecule is Cc1cccc(C(=O)NCCC(=O)NCC(Cc2ccccc2)N(C)C)c1. The van der Waals surface area contributed by atoms with Gasteiger partial charge in [0.05, 0.1) is 0 Å². The molecule has 2 N–H and O–H groups in total. The Morgan fingerprint density at radius 2 is 1.74 bits per heavy atom. The van der Waals surface area contributed by atoms with Crippen molar-refractivity contribution in [1.82, 2.24) is 15.5 Å². The van der Waals surface area contributed by atoms with E-state index in [1.807, 2.05) is 57.4 Å². The van der Waals surface area contributed by atoms with Crippen LogP contribution in [0.1, 0.15) is 27.9 Å². The van der Waals surface area contributed by atoms with E-state index < -0.39 is 0 Å². The zero-order valence-electron chi connectivity index (χ0n) is 16.4. The second-order valence-corrected chi connectivity index (χ2v) is 6.99. The molecule has 0 aliphatic carbocycles. The third-order valence-electron chi connectivity index (χ3n) is 4.50. The summed E-state index contributed by atoms with van der Waals surface area (Å²) in [6, 6.07) is 17.9. The van der Waals surface area contributed by atoms with E-state index in [9.17, 15) is 9.59 Å². The maximum absolute atomic E-state index is 12.1. The minimum atomic E-state index is -0.151. The van der Waals surface area contributed by atoms with E-state index >= 15 is 0 Å². The molecule has 0 spiro atoms. The van der Waals surface area contributed by atoms with Crippen LogP contribution in [0.25, 0.3) is 0 Å². The number of hydrogen-bond acceptors (Lipinski definition) is 3. The summed E-state index contributed by atoms with van der Waals surface area (Å²) >= 11 is 0. The van der Waals surface area contributed by atoms with Crippen LogP contribution in [0.3, 0.4) is 0 Å². The van der Waals surface area contributed by atoms with Crippen molar-refractivity contribution < 1.29 is 9.59 Å². The second-order valence-electron chi connectivity index (χ2n) is 6.99. The Bertz CT molecular complexity index is 744. The number of hydrogen-bond donors (Lipinski definition) is 2. The fraction of sp³-hybridized carbons (Fsp3) is 0.364. The molecule has 5 nitrogen and oxygen atoms in total. The fourth-order valence-electron chi connectivity index (χ4n) is 2.82. The molecule has 2 aromatic rings. The lowest BCUT2D eigenvalue weighted by molar-refractivity contribution is -0.121. The fourth-order valence-corrected chi connectivity index (χ4v) is 2.82. The summed E-state index contributed by atoms with van der Waals surface area (Å²) in [6.45, 7) is 2.84. The van der Waals surface area contributed by atoms with Gasteiger partial charge in [0.2, 0.25) is 5.91 Å². The molecule has 1 unspecified atom stereocenters. The molecule has 0 saturated carbocycles. The standard InChI is InChI=1S/C22H29N3O2/c1-17-8-7-11-19(14-17)22(27)23-13-12-21(26)24-16-20(25(2)3)15-18-9-5-4-6-10-18/h4-11,14,20H,12-13,15-16H2,1-3H3,(H,23,27)(H,24,26). The summed E-state index contributed by atoms with van der Waals surface area (Å²) in [5.41, 5.74) is 2.90. The molecule has 27 heavy (non-hydrogen) atoms. The number of carbonyl (C=O) groups excluding carboxylic acids is 2. The Morgan fingerprint density at radius 1 is 1.00 bits per heavy atom. The highest BCUT2D eigenvalue weighted by atomic mass is 16.2. The quantitative estimate of drug-likeness (QED) is 0.715. The molecular weight excluding hydrogens is 338 g/mol. The van der Waals surface area contributed by atoms with Crippen LogP contribution in [0, 0.1) is 6.92 Å². The Kier molecular flexibility index (Phi) is 8.01. The summed E-state index contributed by atoms with van der Waals surface area (Å²) in [6.07, 6.45) is 1.14. The predicted molar refractivity (Wildman–Crippen MR) is 109 cm³/mol.